The lowest BCUT2D eigenvalue weighted by Gasteiger charge is -2.15. The molecule has 10 heteroatoms. The van der Waals surface area contributed by atoms with Gasteiger partial charge in [-0.15, -0.1) is 0 Å². The van der Waals surface area contributed by atoms with E-state index in [2.05, 4.69) is 5.32 Å². The highest BCUT2D eigenvalue weighted by Crippen LogP contribution is 2.38. The molecule has 0 aliphatic rings. The van der Waals surface area contributed by atoms with Crippen LogP contribution in [0.15, 0.2) is 66.2 Å². The quantitative estimate of drug-likeness (QED) is 0.171. The molecule has 0 aromatic heterocycles. The molecular formula is C25H19ClFN3O5. The molecule has 0 spiro atoms. The summed E-state index contributed by atoms with van der Waals surface area (Å²) in [5.41, 5.74) is 0.689. The molecule has 8 nitrogen and oxygen atoms in total. The molecule has 0 fully saturated rings. The van der Waals surface area contributed by atoms with Crippen LogP contribution in [0.25, 0.3) is 6.08 Å². The Labute approximate surface area is 205 Å². The van der Waals surface area contributed by atoms with Crippen LogP contribution in [-0.4, -0.2) is 17.4 Å². The lowest BCUT2D eigenvalue weighted by Crippen LogP contribution is -2.13. The van der Waals surface area contributed by atoms with Crippen molar-refractivity contribution in [3.05, 3.63) is 98.3 Å². The van der Waals surface area contributed by atoms with E-state index in [-0.39, 0.29) is 46.7 Å². The zero-order valence-corrected chi connectivity index (χ0v) is 19.2. The number of nitrogens with zero attached hydrogens (tertiary/aromatic N) is 2. The number of nitriles is 1. The molecule has 1 N–H and O–H groups in total. The predicted molar refractivity (Wildman–Crippen MR) is 129 cm³/mol. The zero-order valence-electron chi connectivity index (χ0n) is 18.5. The van der Waals surface area contributed by atoms with Crippen LogP contribution in [0, 0.1) is 27.3 Å². The third kappa shape index (κ3) is 6.79. The lowest BCUT2D eigenvalue weighted by atomic mass is 10.1. The van der Waals surface area contributed by atoms with Crippen LogP contribution in [0.1, 0.15) is 18.1 Å². The second-order valence-electron chi connectivity index (χ2n) is 7.11. The minimum absolute atomic E-state index is 0.0435. The van der Waals surface area contributed by atoms with Crippen LogP contribution in [0.2, 0.25) is 5.02 Å². The highest BCUT2D eigenvalue weighted by molar-refractivity contribution is 6.32. The highest BCUT2D eigenvalue weighted by atomic mass is 35.5. The first-order chi connectivity index (χ1) is 16.8. The van der Waals surface area contributed by atoms with E-state index in [0.29, 0.717) is 11.1 Å². The van der Waals surface area contributed by atoms with Gasteiger partial charge in [-0.1, -0.05) is 29.8 Å². The Morgan fingerprint density at radius 2 is 1.97 bits per heavy atom. The van der Waals surface area contributed by atoms with Crippen LogP contribution in [0.3, 0.4) is 0 Å². The maximum Gasteiger partial charge on any atom is 0.271 e. The van der Waals surface area contributed by atoms with E-state index in [1.807, 2.05) is 6.07 Å². The molecule has 3 aromatic carbocycles. The topological polar surface area (TPSA) is 114 Å². The van der Waals surface area contributed by atoms with Gasteiger partial charge in [-0.05, 0) is 54.5 Å². The second-order valence-corrected chi connectivity index (χ2v) is 7.52. The number of halogens is 2. The van der Waals surface area contributed by atoms with Gasteiger partial charge in [0.25, 0.3) is 11.6 Å². The van der Waals surface area contributed by atoms with Gasteiger partial charge >= 0.3 is 0 Å². The first-order valence-electron chi connectivity index (χ1n) is 10.3. The van der Waals surface area contributed by atoms with Crippen LogP contribution in [-0.2, 0) is 11.4 Å². The number of hydrogen-bond acceptors (Lipinski definition) is 6. The Morgan fingerprint density at radius 1 is 1.20 bits per heavy atom. The molecule has 0 atom stereocenters. The standard InChI is InChI=1S/C25H19ClFN3O5/c1-2-34-23-12-17(11-22(26)24(23)35-15-16-5-3-6-19(27)10-16)9-18(14-28)25(31)29-20-7-4-8-21(13-20)30(32)33/h3-13H,2,15H2,1H3,(H,29,31)/b18-9+. The molecule has 35 heavy (non-hydrogen) atoms. The summed E-state index contributed by atoms with van der Waals surface area (Å²) in [4.78, 5) is 22.9. The monoisotopic (exact) mass is 495 g/mol. The van der Waals surface area contributed by atoms with Gasteiger partial charge in [-0.25, -0.2) is 4.39 Å². The third-order valence-electron chi connectivity index (χ3n) is 4.59. The van der Waals surface area contributed by atoms with Gasteiger partial charge in [-0.3, -0.25) is 14.9 Å². The van der Waals surface area contributed by atoms with Gasteiger partial charge in [0.05, 0.1) is 16.6 Å². The Kier molecular flexibility index (Phi) is 8.38. The summed E-state index contributed by atoms with van der Waals surface area (Å²) < 4.78 is 24.8. The fourth-order valence-electron chi connectivity index (χ4n) is 3.07. The van der Waals surface area contributed by atoms with Crippen molar-refractivity contribution in [2.75, 3.05) is 11.9 Å². The molecule has 0 unspecified atom stereocenters. The average molecular weight is 496 g/mol. The Bertz CT molecular complexity index is 1340. The molecule has 1 amide bonds. The molecule has 178 valence electrons. The van der Waals surface area contributed by atoms with Gasteiger partial charge in [-0.2, -0.15) is 5.26 Å². The summed E-state index contributed by atoms with van der Waals surface area (Å²) in [7, 11) is 0. The molecule has 3 rings (SSSR count). The molecule has 0 bridgehead atoms. The number of hydrogen-bond donors (Lipinski definition) is 1. The van der Waals surface area contributed by atoms with Crippen molar-refractivity contribution in [1.82, 2.24) is 0 Å². The molecule has 3 aromatic rings. The van der Waals surface area contributed by atoms with Gasteiger partial charge in [0, 0.05) is 17.8 Å². The van der Waals surface area contributed by atoms with E-state index in [9.17, 15) is 24.6 Å². The first-order valence-corrected chi connectivity index (χ1v) is 10.7. The van der Waals surface area contributed by atoms with Crippen molar-refractivity contribution in [3.8, 4) is 17.6 Å². The smallest absolute Gasteiger partial charge is 0.271 e. The van der Waals surface area contributed by atoms with E-state index in [4.69, 9.17) is 21.1 Å². The van der Waals surface area contributed by atoms with Crippen molar-refractivity contribution in [1.29, 1.82) is 5.26 Å². The summed E-state index contributed by atoms with van der Waals surface area (Å²) >= 11 is 6.40. The number of ether oxygens (including phenoxy) is 2. The molecule has 0 aliphatic heterocycles. The van der Waals surface area contributed by atoms with Crippen LogP contribution >= 0.6 is 11.6 Å². The minimum atomic E-state index is -0.756. The maximum absolute atomic E-state index is 13.4. The van der Waals surface area contributed by atoms with E-state index < -0.39 is 16.6 Å². The molecule has 0 heterocycles. The van der Waals surface area contributed by atoms with Crippen molar-refractivity contribution >= 4 is 35.0 Å². The number of nitro benzene ring substituents is 1. The number of carbonyl (C=O) groups is 1. The van der Waals surface area contributed by atoms with E-state index in [1.54, 1.807) is 25.1 Å². The maximum atomic E-state index is 13.4. The number of benzene rings is 3. The molecule has 0 aliphatic carbocycles. The number of nitrogens with one attached hydrogen (secondary N) is 1. The number of nitro groups is 1. The fraction of sp³-hybridized carbons (Fsp3) is 0.120. The average Bonchev–Trinajstić information content (AvgIpc) is 2.82. The Balaban J connectivity index is 1.85. The summed E-state index contributed by atoms with van der Waals surface area (Å²) in [5.74, 6) is -0.642. The number of non-ortho nitro benzene ring substituents is 1. The fourth-order valence-corrected chi connectivity index (χ4v) is 3.34. The summed E-state index contributed by atoms with van der Waals surface area (Å²) in [6.07, 6.45) is 1.30. The van der Waals surface area contributed by atoms with Crippen LogP contribution in [0.5, 0.6) is 11.5 Å². The molecule has 0 saturated heterocycles. The van der Waals surface area contributed by atoms with Gasteiger partial charge in [0.15, 0.2) is 11.5 Å². The van der Waals surface area contributed by atoms with Crippen molar-refractivity contribution < 1.29 is 23.6 Å². The largest absolute Gasteiger partial charge is 0.490 e. The SMILES string of the molecule is CCOc1cc(/C=C(\C#N)C(=O)Nc2cccc([N+](=O)[O-])c2)cc(Cl)c1OCc1cccc(F)c1. The number of anilines is 1. The van der Waals surface area contributed by atoms with Crippen molar-refractivity contribution in [2.45, 2.75) is 13.5 Å². The van der Waals surface area contributed by atoms with E-state index >= 15 is 0 Å². The third-order valence-corrected chi connectivity index (χ3v) is 4.88. The van der Waals surface area contributed by atoms with E-state index in [1.165, 1.54) is 48.5 Å². The van der Waals surface area contributed by atoms with Crippen LogP contribution in [0.4, 0.5) is 15.8 Å². The highest BCUT2D eigenvalue weighted by Gasteiger charge is 2.16. The zero-order chi connectivity index (χ0) is 25.4. The van der Waals surface area contributed by atoms with E-state index in [0.717, 1.165) is 0 Å². The van der Waals surface area contributed by atoms with Crippen molar-refractivity contribution in [2.24, 2.45) is 0 Å². The minimum Gasteiger partial charge on any atom is -0.490 e. The molecule has 0 saturated carbocycles. The second kappa shape index (κ2) is 11.6. The van der Waals surface area contributed by atoms with Crippen LogP contribution < -0.4 is 14.8 Å². The van der Waals surface area contributed by atoms with Gasteiger partial charge in [0.1, 0.15) is 24.1 Å². The van der Waals surface area contributed by atoms with Gasteiger partial charge < -0.3 is 14.8 Å². The number of carbonyl (C=O) groups excluding carboxylic acids is 1. The molecule has 0 radical (unpaired) electrons. The van der Waals surface area contributed by atoms with Gasteiger partial charge in [0.2, 0.25) is 0 Å². The Hall–Kier alpha value is -4.42. The first kappa shape index (κ1) is 25.2. The summed E-state index contributed by atoms with van der Waals surface area (Å²) in [6, 6.07) is 16.1. The normalized spacial score (nSPS) is 10.9. The predicted octanol–water partition coefficient (Wildman–Crippen LogP) is 5.91. The Morgan fingerprint density at radius 3 is 2.66 bits per heavy atom. The lowest BCUT2D eigenvalue weighted by molar-refractivity contribution is -0.384. The summed E-state index contributed by atoms with van der Waals surface area (Å²) in [6.45, 7) is 2.10. The number of rotatable bonds is 9. The number of amides is 1. The molecular weight excluding hydrogens is 477 g/mol. The summed E-state index contributed by atoms with van der Waals surface area (Å²) in [5, 5.41) is 23.1. The van der Waals surface area contributed by atoms with Crippen molar-refractivity contribution in [3.63, 3.8) is 0 Å².